The fraction of sp³-hybridized carbons (Fsp3) is 0.381. The lowest BCUT2D eigenvalue weighted by Gasteiger charge is -2.35. The Labute approximate surface area is 200 Å². The second kappa shape index (κ2) is 12.2. The number of halogens is 5. The third-order valence-corrected chi connectivity index (χ3v) is 4.81. The minimum Gasteiger partial charge on any atom is -0.406 e. The Morgan fingerprint density at radius 3 is 2.31 bits per heavy atom. The van der Waals surface area contributed by atoms with Crippen molar-refractivity contribution in [1.29, 1.82) is 0 Å². The molecule has 1 aliphatic heterocycles. The molecule has 0 radical (unpaired) electrons. The lowest BCUT2D eigenvalue weighted by Crippen LogP contribution is -2.45. The van der Waals surface area contributed by atoms with Gasteiger partial charge in [0.05, 0.1) is 25.8 Å². The van der Waals surface area contributed by atoms with Gasteiger partial charge in [0.2, 0.25) is 0 Å². The molecule has 3 rings (SSSR count). The first-order valence-corrected chi connectivity index (χ1v) is 9.76. The first-order chi connectivity index (χ1) is 14.8. The van der Waals surface area contributed by atoms with Crippen LogP contribution in [0.1, 0.15) is 17.2 Å². The van der Waals surface area contributed by atoms with E-state index in [9.17, 15) is 17.6 Å². The van der Waals surface area contributed by atoms with Gasteiger partial charge in [-0.1, -0.05) is 24.3 Å². The van der Waals surface area contributed by atoms with Gasteiger partial charge < -0.3 is 20.5 Å². The Morgan fingerprint density at radius 1 is 1.09 bits per heavy atom. The molecule has 1 heterocycles. The highest BCUT2D eigenvalue weighted by Gasteiger charge is 2.31. The van der Waals surface area contributed by atoms with Crippen molar-refractivity contribution in [2.75, 3.05) is 32.8 Å². The number of aliphatic imine (C=N–C) groups is 1. The first-order valence-electron chi connectivity index (χ1n) is 9.76. The van der Waals surface area contributed by atoms with Crippen LogP contribution in [-0.2, 0) is 11.3 Å². The molecule has 0 bridgehead atoms. The van der Waals surface area contributed by atoms with Crippen molar-refractivity contribution in [1.82, 2.24) is 10.2 Å². The van der Waals surface area contributed by atoms with E-state index >= 15 is 0 Å². The fourth-order valence-electron chi connectivity index (χ4n) is 3.26. The summed E-state index contributed by atoms with van der Waals surface area (Å²) in [5, 5.41) is 3.08. The summed E-state index contributed by atoms with van der Waals surface area (Å²) in [5.41, 5.74) is 7.61. The first kappa shape index (κ1) is 26.1. The second-order valence-corrected chi connectivity index (χ2v) is 6.99. The van der Waals surface area contributed by atoms with Gasteiger partial charge in [-0.05, 0) is 35.4 Å². The maximum absolute atomic E-state index is 13.3. The summed E-state index contributed by atoms with van der Waals surface area (Å²) in [6.45, 7) is 3.38. The number of rotatable bonds is 7. The van der Waals surface area contributed by atoms with E-state index in [1.165, 1.54) is 36.4 Å². The number of ether oxygens (including phenoxy) is 2. The van der Waals surface area contributed by atoms with Crippen molar-refractivity contribution in [2.45, 2.75) is 18.9 Å². The molecule has 11 heteroatoms. The average molecular weight is 568 g/mol. The number of alkyl halides is 3. The van der Waals surface area contributed by atoms with E-state index in [-0.39, 0.29) is 54.1 Å². The van der Waals surface area contributed by atoms with Crippen LogP contribution in [0, 0.1) is 5.82 Å². The van der Waals surface area contributed by atoms with Gasteiger partial charge >= 0.3 is 6.36 Å². The maximum Gasteiger partial charge on any atom is 0.573 e. The lowest BCUT2D eigenvalue weighted by atomic mass is 10.0. The summed E-state index contributed by atoms with van der Waals surface area (Å²) in [4.78, 5) is 6.47. The summed E-state index contributed by atoms with van der Waals surface area (Å²) >= 11 is 0. The standard InChI is InChI=1S/C21H24F4N4O2.HI/c22-17-5-3-16(4-6-17)19(29-9-11-30-12-10-29)14-28-20(26)27-13-15-1-7-18(8-2-15)31-21(23,24)25;/h1-8,19H,9-14H2,(H3,26,27,28);1H. The van der Waals surface area contributed by atoms with Crippen LogP contribution in [0.5, 0.6) is 5.75 Å². The fourth-order valence-corrected chi connectivity index (χ4v) is 3.26. The topological polar surface area (TPSA) is 72.1 Å². The van der Waals surface area contributed by atoms with E-state index in [1.807, 2.05) is 0 Å². The molecule has 0 spiro atoms. The van der Waals surface area contributed by atoms with Crippen LogP contribution in [0.3, 0.4) is 0 Å². The zero-order valence-electron chi connectivity index (χ0n) is 17.1. The summed E-state index contributed by atoms with van der Waals surface area (Å²) in [7, 11) is 0. The van der Waals surface area contributed by atoms with Gasteiger partial charge in [-0.2, -0.15) is 0 Å². The van der Waals surface area contributed by atoms with E-state index in [4.69, 9.17) is 10.5 Å². The molecule has 2 aromatic carbocycles. The Bertz CT molecular complexity index is 858. The molecule has 32 heavy (non-hydrogen) atoms. The molecule has 1 saturated heterocycles. The van der Waals surface area contributed by atoms with Crippen molar-refractivity contribution in [2.24, 2.45) is 10.7 Å². The summed E-state index contributed by atoms with van der Waals surface area (Å²) < 4.78 is 59.3. The number of benzene rings is 2. The molecule has 1 atom stereocenters. The van der Waals surface area contributed by atoms with Crippen molar-refractivity contribution >= 4 is 29.9 Å². The summed E-state index contributed by atoms with van der Waals surface area (Å²) in [5.74, 6) is -0.389. The van der Waals surface area contributed by atoms with Gasteiger partial charge in [0.1, 0.15) is 11.6 Å². The molecule has 2 aromatic rings. The highest BCUT2D eigenvalue weighted by molar-refractivity contribution is 14.0. The smallest absolute Gasteiger partial charge is 0.406 e. The van der Waals surface area contributed by atoms with E-state index in [0.29, 0.717) is 25.3 Å². The molecule has 176 valence electrons. The van der Waals surface area contributed by atoms with E-state index in [0.717, 1.165) is 18.7 Å². The zero-order chi connectivity index (χ0) is 22.3. The van der Waals surface area contributed by atoms with Gasteiger partial charge in [-0.15, -0.1) is 37.1 Å². The highest BCUT2D eigenvalue weighted by atomic mass is 127. The van der Waals surface area contributed by atoms with E-state index in [2.05, 4.69) is 19.9 Å². The van der Waals surface area contributed by atoms with Crippen molar-refractivity contribution in [3.8, 4) is 5.75 Å². The Balaban J connectivity index is 0.00000363. The van der Waals surface area contributed by atoms with Crippen molar-refractivity contribution in [3.05, 3.63) is 65.5 Å². The molecule has 0 aromatic heterocycles. The second-order valence-electron chi connectivity index (χ2n) is 6.99. The Kier molecular flexibility index (Phi) is 9.97. The predicted molar refractivity (Wildman–Crippen MR) is 123 cm³/mol. The van der Waals surface area contributed by atoms with Gasteiger partial charge in [0.15, 0.2) is 5.96 Å². The van der Waals surface area contributed by atoms with Crippen LogP contribution < -0.4 is 15.8 Å². The number of morpholine rings is 1. The van der Waals surface area contributed by atoms with Crippen LogP contribution in [-0.4, -0.2) is 50.1 Å². The lowest BCUT2D eigenvalue weighted by molar-refractivity contribution is -0.274. The normalized spacial score (nSPS) is 16.2. The number of nitrogens with zero attached hydrogens (tertiary/aromatic N) is 2. The molecule has 3 N–H and O–H groups in total. The van der Waals surface area contributed by atoms with Crippen LogP contribution >= 0.6 is 24.0 Å². The van der Waals surface area contributed by atoms with Gasteiger partial charge in [0, 0.05) is 19.6 Å². The quantitative estimate of drug-likeness (QED) is 0.230. The average Bonchev–Trinajstić information content (AvgIpc) is 2.74. The zero-order valence-corrected chi connectivity index (χ0v) is 19.5. The van der Waals surface area contributed by atoms with E-state index < -0.39 is 6.36 Å². The van der Waals surface area contributed by atoms with Crippen LogP contribution in [0.25, 0.3) is 0 Å². The minimum atomic E-state index is -4.73. The van der Waals surface area contributed by atoms with Gasteiger partial charge in [-0.3, -0.25) is 4.90 Å². The molecule has 1 aliphatic rings. The monoisotopic (exact) mass is 568 g/mol. The van der Waals surface area contributed by atoms with Crippen molar-refractivity contribution < 1.29 is 27.0 Å². The number of nitrogens with one attached hydrogen (secondary N) is 1. The number of nitrogens with two attached hydrogens (primary N) is 1. The number of hydrogen-bond donors (Lipinski definition) is 2. The van der Waals surface area contributed by atoms with Crippen LogP contribution in [0.15, 0.2) is 53.5 Å². The molecule has 0 saturated carbocycles. The van der Waals surface area contributed by atoms with Crippen LogP contribution in [0.2, 0.25) is 0 Å². The highest BCUT2D eigenvalue weighted by Crippen LogP contribution is 2.23. The molecule has 1 unspecified atom stereocenters. The third kappa shape index (κ3) is 8.43. The third-order valence-electron chi connectivity index (χ3n) is 4.81. The minimum absolute atomic E-state index is 0. The SMILES string of the molecule is I.NC(=NCc1ccc(OC(F)(F)F)cc1)NCC(c1ccc(F)cc1)N1CCOCC1. The predicted octanol–water partition coefficient (Wildman–Crippen LogP) is 3.82. The van der Waals surface area contributed by atoms with E-state index in [1.54, 1.807) is 12.1 Å². The largest absolute Gasteiger partial charge is 0.573 e. The molecular formula is C21H25F4IN4O2. The molecule has 6 nitrogen and oxygen atoms in total. The van der Waals surface area contributed by atoms with Crippen molar-refractivity contribution in [3.63, 3.8) is 0 Å². The molecule has 0 amide bonds. The number of hydrogen-bond acceptors (Lipinski definition) is 4. The molecule has 1 fully saturated rings. The Morgan fingerprint density at radius 2 is 1.72 bits per heavy atom. The number of guanidine groups is 1. The molecule has 0 aliphatic carbocycles. The van der Waals surface area contributed by atoms with Gasteiger partial charge in [-0.25, -0.2) is 9.38 Å². The Hall–Kier alpha value is -2.12. The van der Waals surface area contributed by atoms with Gasteiger partial charge in [0.25, 0.3) is 0 Å². The summed E-state index contributed by atoms with van der Waals surface area (Å²) in [6.07, 6.45) is -4.73. The van der Waals surface area contributed by atoms with Crippen LogP contribution in [0.4, 0.5) is 17.6 Å². The molecular weight excluding hydrogens is 543 g/mol. The summed E-state index contributed by atoms with van der Waals surface area (Å²) in [6, 6.07) is 11.7. The maximum atomic E-state index is 13.3.